The van der Waals surface area contributed by atoms with Crippen molar-refractivity contribution in [3.05, 3.63) is 54.6 Å². The van der Waals surface area contributed by atoms with E-state index >= 15 is 0 Å². The van der Waals surface area contributed by atoms with Crippen molar-refractivity contribution in [3.63, 3.8) is 0 Å². The summed E-state index contributed by atoms with van der Waals surface area (Å²) in [5, 5.41) is 3.00. The molecule has 1 saturated heterocycles. The molecule has 1 aliphatic rings. The standard InChI is InChI=1S/C21H22N6O2/c28-19(23-12-16-14-26-9-2-1-7-18(26)24-16)11-15-5-4-10-27(13-15)21-25-20-17(29-21)6-3-8-22-20/h1-3,6-9,14-15H,4-5,10-13H2,(H,23,28). The van der Waals surface area contributed by atoms with Crippen LogP contribution in [0.4, 0.5) is 6.01 Å². The Labute approximate surface area is 167 Å². The lowest BCUT2D eigenvalue weighted by molar-refractivity contribution is -0.122. The van der Waals surface area contributed by atoms with Crippen molar-refractivity contribution >= 4 is 28.8 Å². The summed E-state index contributed by atoms with van der Waals surface area (Å²) < 4.78 is 7.79. The summed E-state index contributed by atoms with van der Waals surface area (Å²) in [6, 6.07) is 10.2. The Hall–Kier alpha value is -3.42. The Morgan fingerprint density at radius 3 is 3.10 bits per heavy atom. The number of rotatable bonds is 5. The molecule has 1 fully saturated rings. The summed E-state index contributed by atoms with van der Waals surface area (Å²) in [5.74, 6) is 0.320. The highest BCUT2D eigenvalue weighted by atomic mass is 16.4. The quantitative estimate of drug-likeness (QED) is 0.564. The molecular weight excluding hydrogens is 368 g/mol. The van der Waals surface area contributed by atoms with Gasteiger partial charge in [-0.3, -0.25) is 4.79 Å². The number of aromatic nitrogens is 4. The summed E-state index contributed by atoms with van der Waals surface area (Å²) in [4.78, 5) is 27.8. The van der Waals surface area contributed by atoms with Crippen LogP contribution >= 0.6 is 0 Å². The largest absolute Gasteiger partial charge is 0.422 e. The normalized spacial score (nSPS) is 17.1. The lowest BCUT2D eigenvalue weighted by Gasteiger charge is -2.31. The van der Waals surface area contributed by atoms with Gasteiger partial charge in [0.05, 0.1) is 12.2 Å². The maximum absolute atomic E-state index is 12.5. The van der Waals surface area contributed by atoms with Crippen LogP contribution in [0, 0.1) is 5.92 Å². The smallest absolute Gasteiger partial charge is 0.299 e. The maximum Gasteiger partial charge on any atom is 0.299 e. The van der Waals surface area contributed by atoms with Crippen LogP contribution in [0.2, 0.25) is 0 Å². The molecule has 5 rings (SSSR count). The minimum Gasteiger partial charge on any atom is -0.422 e. The number of nitrogens with one attached hydrogen (secondary N) is 1. The van der Waals surface area contributed by atoms with E-state index in [-0.39, 0.29) is 11.8 Å². The minimum atomic E-state index is 0.0492. The molecule has 5 heterocycles. The number of fused-ring (bicyclic) bond motifs is 2. The predicted molar refractivity (Wildman–Crippen MR) is 108 cm³/mol. The first-order valence-electron chi connectivity index (χ1n) is 9.90. The second kappa shape index (κ2) is 7.54. The van der Waals surface area contributed by atoms with Crippen LogP contribution in [0.3, 0.4) is 0 Å². The highest BCUT2D eigenvalue weighted by Gasteiger charge is 2.25. The van der Waals surface area contributed by atoms with Gasteiger partial charge in [0, 0.05) is 38.1 Å². The van der Waals surface area contributed by atoms with Crippen molar-refractivity contribution in [2.75, 3.05) is 18.0 Å². The Balaban J connectivity index is 1.18. The van der Waals surface area contributed by atoms with E-state index in [1.54, 1.807) is 6.20 Å². The van der Waals surface area contributed by atoms with Crippen LogP contribution in [-0.2, 0) is 11.3 Å². The van der Waals surface area contributed by atoms with Crippen molar-refractivity contribution in [2.45, 2.75) is 25.8 Å². The fraction of sp³-hybridized carbons (Fsp3) is 0.333. The van der Waals surface area contributed by atoms with Gasteiger partial charge >= 0.3 is 0 Å². The lowest BCUT2D eigenvalue weighted by atomic mass is 9.94. The number of imidazole rings is 1. The van der Waals surface area contributed by atoms with Gasteiger partial charge in [0.15, 0.2) is 5.58 Å². The number of carbonyl (C=O) groups is 1. The van der Waals surface area contributed by atoms with Gasteiger partial charge in [-0.05, 0) is 43.0 Å². The van der Waals surface area contributed by atoms with Crippen molar-refractivity contribution in [1.29, 1.82) is 0 Å². The number of oxazole rings is 1. The molecule has 8 nitrogen and oxygen atoms in total. The van der Waals surface area contributed by atoms with Crippen LogP contribution in [0.1, 0.15) is 25.0 Å². The molecule has 148 valence electrons. The van der Waals surface area contributed by atoms with Crippen LogP contribution in [0.5, 0.6) is 0 Å². The van der Waals surface area contributed by atoms with E-state index in [0.29, 0.717) is 30.2 Å². The van der Waals surface area contributed by atoms with E-state index in [0.717, 1.165) is 37.3 Å². The topological polar surface area (TPSA) is 88.6 Å². The van der Waals surface area contributed by atoms with Gasteiger partial charge in [-0.2, -0.15) is 4.98 Å². The molecule has 0 bridgehead atoms. The summed E-state index contributed by atoms with van der Waals surface area (Å²) in [6.45, 7) is 2.08. The molecule has 0 saturated carbocycles. The lowest BCUT2D eigenvalue weighted by Crippen LogP contribution is -2.38. The molecule has 0 spiro atoms. The number of nitrogens with zero attached hydrogens (tertiary/aromatic N) is 5. The van der Waals surface area contributed by atoms with E-state index in [4.69, 9.17) is 4.42 Å². The molecule has 1 aliphatic heterocycles. The van der Waals surface area contributed by atoms with Gasteiger partial charge in [0.2, 0.25) is 11.6 Å². The SMILES string of the molecule is O=C(CC1CCCN(c2nc3ncccc3o2)C1)NCc1cn2ccccc2n1. The van der Waals surface area contributed by atoms with Crippen LogP contribution in [-0.4, -0.2) is 38.3 Å². The number of piperidine rings is 1. The Morgan fingerprint density at radius 2 is 2.21 bits per heavy atom. The first kappa shape index (κ1) is 17.7. The number of hydrogen-bond donors (Lipinski definition) is 1. The molecule has 29 heavy (non-hydrogen) atoms. The van der Waals surface area contributed by atoms with Gasteiger partial charge in [0.1, 0.15) is 5.65 Å². The fourth-order valence-electron chi connectivity index (χ4n) is 3.89. The number of anilines is 1. The first-order chi connectivity index (χ1) is 14.2. The summed E-state index contributed by atoms with van der Waals surface area (Å²) in [5.41, 5.74) is 3.05. The number of hydrogen-bond acceptors (Lipinski definition) is 6. The Bertz CT molecular complexity index is 1080. The molecule has 1 atom stereocenters. The summed E-state index contributed by atoms with van der Waals surface area (Å²) in [6.07, 6.45) is 8.13. The van der Waals surface area contributed by atoms with Gasteiger partial charge in [-0.25, -0.2) is 9.97 Å². The molecule has 8 heteroatoms. The minimum absolute atomic E-state index is 0.0492. The average Bonchev–Trinajstić information content (AvgIpc) is 3.36. The maximum atomic E-state index is 12.5. The highest BCUT2D eigenvalue weighted by molar-refractivity contribution is 5.76. The third-order valence-electron chi connectivity index (χ3n) is 5.30. The van der Waals surface area contributed by atoms with E-state index in [9.17, 15) is 4.79 Å². The summed E-state index contributed by atoms with van der Waals surface area (Å²) >= 11 is 0. The Morgan fingerprint density at radius 1 is 1.24 bits per heavy atom. The molecule has 0 aliphatic carbocycles. The van der Waals surface area contributed by atoms with Gasteiger partial charge < -0.3 is 19.0 Å². The van der Waals surface area contributed by atoms with Crippen LogP contribution in [0.15, 0.2) is 53.3 Å². The zero-order valence-corrected chi connectivity index (χ0v) is 16.0. The first-order valence-corrected chi connectivity index (χ1v) is 9.90. The van der Waals surface area contributed by atoms with E-state index < -0.39 is 0 Å². The van der Waals surface area contributed by atoms with E-state index in [1.807, 2.05) is 47.1 Å². The van der Waals surface area contributed by atoms with Gasteiger partial charge in [-0.1, -0.05) is 6.07 Å². The molecule has 0 radical (unpaired) electrons. The molecule has 1 N–H and O–H groups in total. The number of pyridine rings is 2. The number of carbonyl (C=O) groups excluding carboxylic acids is 1. The van der Waals surface area contributed by atoms with E-state index in [2.05, 4.69) is 25.2 Å². The number of amides is 1. The predicted octanol–water partition coefficient (Wildman–Crippen LogP) is 2.79. The molecule has 4 aromatic heterocycles. The zero-order chi connectivity index (χ0) is 19.6. The third kappa shape index (κ3) is 3.78. The second-order valence-corrected chi connectivity index (χ2v) is 7.46. The molecule has 4 aromatic rings. The van der Waals surface area contributed by atoms with Crippen molar-refractivity contribution in [3.8, 4) is 0 Å². The highest BCUT2D eigenvalue weighted by Crippen LogP contribution is 2.26. The fourth-order valence-corrected chi connectivity index (χ4v) is 3.89. The van der Waals surface area contributed by atoms with Crippen LogP contribution < -0.4 is 10.2 Å². The summed E-state index contributed by atoms with van der Waals surface area (Å²) in [7, 11) is 0. The monoisotopic (exact) mass is 390 g/mol. The average molecular weight is 390 g/mol. The Kier molecular flexibility index (Phi) is 4.59. The second-order valence-electron chi connectivity index (χ2n) is 7.46. The van der Waals surface area contributed by atoms with Crippen LogP contribution in [0.25, 0.3) is 16.9 Å². The molecular formula is C21H22N6O2. The van der Waals surface area contributed by atoms with Crippen molar-refractivity contribution in [1.82, 2.24) is 24.7 Å². The van der Waals surface area contributed by atoms with Gasteiger partial charge in [-0.15, -0.1) is 0 Å². The molecule has 1 amide bonds. The van der Waals surface area contributed by atoms with Gasteiger partial charge in [0.25, 0.3) is 6.01 Å². The third-order valence-corrected chi connectivity index (χ3v) is 5.30. The van der Waals surface area contributed by atoms with E-state index in [1.165, 1.54) is 0 Å². The molecule has 1 unspecified atom stereocenters. The molecule has 0 aromatic carbocycles. The zero-order valence-electron chi connectivity index (χ0n) is 16.0. The van der Waals surface area contributed by atoms with Crippen molar-refractivity contribution < 1.29 is 9.21 Å². The van der Waals surface area contributed by atoms with Crippen molar-refractivity contribution in [2.24, 2.45) is 5.92 Å².